The number of carbonyl (C=O) groups is 4. The summed E-state index contributed by atoms with van der Waals surface area (Å²) >= 11 is 0. The summed E-state index contributed by atoms with van der Waals surface area (Å²) in [7, 11) is 0. The standard InChI is InChI=1S/C40H40O12/c1-5-49-33-21-9-23-15-30(38(43)44)17-25(34(23)50-6-2)11-27-19-32(40(47)48)20-28(36(27)52-8-4)12-26-18-31(39(45)46)16-24(35(26)51-7-3)10-22(33)14-29(13-21)37(41)42/h13-20H,5-12H2,1-4H3,(H,41,42)(H,43,44)(H,45,46)(H,47,48). The second-order valence-corrected chi connectivity index (χ2v) is 12.2. The third kappa shape index (κ3) is 7.80. The number of carboxylic acids is 4. The summed E-state index contributed by atoms with van der Waals surface area (Å²) < 4.78 is 24.7. The number of fused-ring (bicyclic) bond motifs is 8. The molecule has 4 N–H and O–H groups in total. The number of ether oxygens (including phenoxy) is 4. The molecule has 0 unspecified atom stereocenters. The summed E-state index contributed by atoms with van der Waals surface area (Å²) in [5.41, 5.74) is 3.33. The second-order valence-electron chi connectivity index (χ2n) is 12.2. The average molecular weight is 713 g/mol. The minimum atomic E-state index is -1.20. The Hall–Kier alpha value is -6.04. The molecule has 0 aliphatic heterocycles. The summed E-state index contributed by atoms with van der Waals surface area (Å²) in [6.45, 7) is 7.98. The molecule has 0 fully saturated rings. The van der Waals surface area contributed by atoms with E-state index in [1.54, 1.807) is 27.7 Å². The number of hydrogen-bond acceptors (Lipinski definition) is 8. The molecular formula is C40H40O12. The van der Waals surface area contributed by atoms with E-state index in [0.717, 1.165) is 0 Å². The minimum Gasteiger partial charge on any atom is -0.493 e. The maximum absolute atomic E-state index is 12.5. The van der Waals surface area contributed by atoms with Crippen LogP contribution < -0.4 is 18.9 Å². The van der Waals surface area contributed by atoms with Gasteiger partial charge in [0.1, 0.15) is 23.0 Å². The number of carboxylic acid groups (broad SMARTS) is 4. The van der Waals surface area contributed by atoms with Gasteiger partial charge in [-0.2, -0.15) is 0 Å². The maximum atomic E-state index is 12.5. The highest BCUT2D eigenvalue weighted by Crippen LogP contribution is 2.41. The van der Waals surface area contributed by atoms with Crippen LogP contribution in [0.3, 0.4) is 0 Å². The lowest BCUT2D eigenvalue weighted by molar-refractivity contribution is 0.0685. The molecule has 0 saturated carbocycles. The summed E-state index contributed by atoms with van der Waals surface area (Å²) in [6, 6.07) is 11.8. The monoisotopic (exact) mass is 712 g/mol. The van der Waals surface area contributed by atoms with Gasteiger partial charge in [-0.05, 0) is 121 Å². The molecule has 12 heteroatoms. The van der Waals surface area contributed by atoms with E-state index in [4.69, 9.17) is 18.9 Å². The largest absolute Gasteiger partial charge is 0.493 e. The van der Waals surface area contributed by atoms with E-state index in [9.17, 15) is 39.6 Å². The quantitative estimate of drug-likeness (QED) is 0.107. The van der Waals surface area contributed by atoms with Gasteiger partial charge in [-0.3, -0.25) is 0 Å². The van der Waals surface area contributed by atoms with E-state index in [2.05, 4.69) is 0 Å². The normalized spacial score (nSPS) is 12.1. The van der Waals surface area contributed by atoms with Gasteiger partial charge in [0, 0.05) is 25.7 Å². The van der Waals surface area contributed by atoms with Crippen molar-refractivity contribution in [1.29, 1.82) is 0 Å². The molecule has 0 saturated heterocycles. The van der Waals surface area contributed by atoms with Crippen LogP contribution in [0.15, 0.2) is 48.5 Å². The van der Waals surface area contributed by atoms with E-state index in [-0.39, 0.29) is 74.4 Å². The number of aromatic carboxylic acids is 4. The van der Waals surface area contributed by atoms with E-state index in [1.165, 1.54) is 48.5 Å². The van der Waals surface area contributed by atoms with Crippen molar-refractivity contribution in [2.45, 2.75) is 53.4 Å². The van der Waals surface area contributed by atoms with Crippen LogP contribution in [-0.4, -0.2) is 70.7 Å². The van der Waals surface area contributed by atoms with Crippen LogP contribution in [0.2, 0.25) is 0 Å². The molecule has 52 heavy (non-hydrogen) atoms. The van der Waals surface area contributed by atoms with Gasteiger partial charge in [0.25, 0.3) is 0 Å². The molecular weight excluding hydrogens is 672 g/mol. The fraction of sp³-hybridized carbons (Fsp3) is 0.300. The first kappa shape index (κ1) is 37.2. The average Bonchev–Trinajstić information content (AvgIpc) is 3.09. The second kappa shape index (κ2) is 15.9. The molecule has 4 aromatic rings. The lowest BCUT2D eigenvalue weighted by Crippen LogP contribution is -2.13. The van der Waals surface area contributed by atoms with E-state index >= 15 is 0 Å². The SMILES string of the molecule is CCOc1c2cc(C(=O)O)cc1Cc1cc(C(=O)O)cc(c1OCC)Cc1cc(C(=O)O)cc(c1OCC)Cc1cc(C(=O)O)cc(c1OCC)C2. The summed E-state index contributed by atoms with van der Waals surface area (Å²) in [5.74, 6) is -3.35. The zero-order chi connectivity index (χ0) is 37.7. The molecule has 0 heterocycles. The number of rotatable bonds is 12. The van der Waals surface area contributed by atoms with Crippen molar-refractivity contribution in [3.05, 3.63) is 115 Å². The Balaban J connectivity index is 1.96. The Morgan fingerprint density at radius 1 is 0.385 bits per heavy atom. The highest BCUT2D eigenvalue weighted by Gasteiger charge is 2.26. The summed E-state index contributed by atoms with van der Waals surface area (Å²) in [4.78, 5) is 50.0. The smallest absolute Gasteiger partial charge is 0.335 e. The third-order valence-corrected chi connectivity index (χ3v) is 8.64. The van der Waals surface area contributed by atoms with Crippen molar-refractivity contribution in [2.24, 2.45) is 0 Å². The van der Waals surface area contributed by atoms with Gasteiger partial charge in [-0.25, -0.2) is 19.2 Å². The number of hydrogen-bond donors (Lipinski definition) is 4. The zero-order valence-electron chi connectivity index (χ0n) is 29.3. The third-order valence-electron chi connectivity index (χ3n) is 8.64. The van der Waals surface area contributed by atoms with Gasteiger partial charge in [-0.1, -0.05) is 0 Å². The highest BCUT2D eigenvalue weighted by atomic mass is 16.5. The molecule has 1 aliphatic rings. The Kier molecular flexibility index (Phi) is 11.4. The predicted octanol–water partition coefficient (Wildman–Crippen LogP) is 6.75. The Bertz CT molecular complexity index is 1680. The molecule has 12 nitrogen and oxygen atoms in total. The first-order valence-corrected chi connectivity index (χ1v) is 17.0. The van der Waals surface area contributed by atoms with Gasteiger partial charge >= 0.3 is 23.9 Å². The van der Waals surface area contributed by atoms with Crippen LogP contribution in [-0.2, 0) is 25.7 Å². The maximum Gasteiger partial charge on any atom is 0.335 e. The molecule has 0 amide bonds. The molecule has 0 aromatic heterocycles. The fourth-order valence-electron chi connectivity index (χ4n) is 6.70. The van der Waals surface area contributed by atoms with E-state index in [1.807, 2.05) is 0 Å². The van der Waals surface area contributed by atoms with Crippen molar-refractivity contribution in [3.8, 4) is 23.0 Å². The summed E-state index contributed by atoms with van der Waals surface area (Å²) in [6.07, 6.45) is 0.0173. The van der Waals surface area contributed by atoms with Gasteiger partial charge in [0.15, 0.2) is 0 Å². The summed E-state index contributed by atoms with van der Waals surface area (Å²) in [5, 5.41) is 40.8. The first-order chi connectivity index (χ1) is 24.9. The Labute approximate surface area is 300 Å². The van der Waals surface area contributed by atoms with Crippen molar-refractivity contribution in [3.63, 3.8) is 0 Å². The van der Waals surface area contributed by atoms with Gasteiger partial charge in [0.05, 0.1) is 48.7 Å². The van der Waals surface area contributed by atoms with Crippen molar-refractivity contribution < 1.29 is 58.6 Å². The van der Waals surface area contributed by atoms with Crippen LogP contribution in [0.1, 0.15) is 114 Å². The van der Waals surface area contributed by atoms with Crippen LogP contribution in [0.25, 0.3) is 0 Å². The number of benzene rings is 4. The molecule has 0 atom stereocenters. The lowest BCUT2D eigenvalue weighted by Gasteiger charge is -2.23. The van der Waals surface area contributed by atoms with E-state index < -0.39 is 23.9 Å². The Morgan fingerprint density at radius 2 is 0.538 bits per heavy atom. The minimum absolute atomic E-state index is 0.00434. The van der Waals surface area contributed by atoms with Crippen molar-refractivity contribution in [2.75, 3.05) is 26.4 Å². The molecule has 5 rings (SSSR count). The van der Waals surface area contributed by atoms with Crippen molar-refractivity contribution >= 4 is 23.9 Å². The predicted molar refractivity (Wildman–Crippen MR) is 190 cm³/mol. The topological polar surface area (TPSA) is 186 Å². The lowest BCUT2D eigenvalue weighted by atomic mass is 9.88. The van der Waals surface area contributed by atoms with Crippen LogP contribution in [0, 0.1) is 0 Å². The molecule has 0 spiro atoms. The molecule has 0 radical (unpaired) electrons. The van der Waals surface area contributed by atoms with Crippen LogP contribution in [0.5, 0.6) is 23.0 Å². The van der Waals surface area contributed by atoms with Crippen LogP contribution in [0.4, 0.5) is 0 Å². The molecule has 272 valence electrons. The van der Waals surface area contributed by atoms with Gasteiger partial charge in [0.2, 0.25) is 0 Å². The zero-order valence-corrected chi connectivity index (χ0v) is 29.3. The molecule has 8 bridgehead atoms. The van der Waals surface area contributed by atoms with Crippen LogP contribution >= 0.6 is 0 Å². The van der Waals surface area contributed by atoms with Crippen molar-refractivity contribution in [1.82, 2.24) is 0 Å². The van der Waals surface area contributed by atoms with Gasteiger partial charge < -0.3 is 39.4 Å². The Morgan fingerprint density at radius 3 is 0.654 bits per heavy atom. The molecule has 1 aliphatic carbocycles. The fourth-order valence-corrected chi connectivity index (χ4v) is 6.70. The van der Waals surface area contributed by atoms with Gasteiger partial charge in [-0.15, -0.1) is 0 Å². The van der Waals surface area contributed by atoms with E-state index in [0.29, 0.717) is 67.5 Å². The first-order valence-electron chi connectivity index (χ1n) is 17.0. The molecule has 4 aromatic carbocycles. The highest BCUT2D eigenvalue weighted by molar-refractivity contribution is 5.91.